The number of allylic oxidation sites excluding steroid dienone is 1. The van der Waals surface area contributed by atoms with E-state index in [0.29, 0.717) is 18.1 Å². The van der Waals surface area contributed by atoms with E-state index in [9.17, 15) is 4.79 Å². The Bertz CT molecular complexity index is 302. The minimum absolute atomic E-state index is 0.0405. The molecule has 0 radical (unpaired) electrons. The molecule has 1 heterocycles. The molecule has 0 unspecified atom stereocenters. The number of carbonyl (C=O) groups is 1. The van der Waals surface area contributed by atoms with Crippen LogP contribution in [-0.4, -0.2) is 23.8 Å². The summed E-state index contributed by atoms with van der Waals surface area (Å²) >= 11 is 0. The standard InChI is InChI=1S/C15H27NO/c1-6-14(17)13-11-16(10-12(2)3)9-7-8-15(13,4)5/h11-12H,6-10H2,1-5H3. The van der Waals surface area contributed by atoms with E-state index in [-0.39, 0.29) is 5.41 Å². The third-order valence-electron chi connectivity index (χ3n) is 3.51. The Morgan fingerprint density at radius 3 is 2.65 bits per heavy atom. The maximum Gasteiger partial charge on any atom is 0.160 e. The van der Waals surface area contributed by atoms with E-state index in [1.54, 1.807) is 0 Å². The molecular weight excluding hydrogens is 210 g/mol. The fourth-order valence-electron chi connectivity index (χ4n) is 2.53. The monoisotopic (exact) mass is 237 g/mol. The average molecular weight is 237 g/mol. The molecule has 0 aromatic carbocycles. The molecular formula is C15H27NO. The van der Waals surface area contributed by atoms with E-state index in [1.807, 2.05) is 6.92 Å². The average Bonchev–Trinajstić information content (AvgIpc) is 2.36. The molecule has 1 aliphatic rings. The molecule has 1 aliphatic heterocycles. The Morgan fingerprint density at radius 1 is 1.47 bits per heavy atom. The Labute approximate surface area is 106 Å². The molecule has 0 spiro atoms. The lowest BCUT2D eigenvalue weighted by Crippen LogP contribution is -2.24. The van der Waals surface area contributed by atoms with Gasteiger partial charge >= 0.3 is 0 Å². The van der Waals surface area contributed by atoms with E-state index >= 15 is 0 Å². The highest BCUT2D eigenvalue weighted by molar-refractivity contribution is 5.96. The number of carbonyl (C=O) groups excluding carboxylic acids is 1. The molecule has 17 heavy (non-hydrogen) atoms. The van der Waals surface area contributed by atoms with Crippen molar-refractivity contribution in [3.8, 4) is 0 Å². The smallest absolute Gasteiger partial charge is 0.160 e. The first-order valence-electron chi connectivity index (χ1n) is 6.86. The van der Waals surface area contributed by atoms with Crippen molar-refractivity contribution in [3.05, 3.63) is 11.8 Å². The lowest BCUT2D eigenvalue weighted by Gasteiger charge is -2.26. The van der Waals surface area contributed by atoms with E-state index in [0.717, 1.165) is 25.1 Å². The van der Waals surface area contributed by atoms with Crippen LogP contribution in [0.5, 0.6) is 0 Å². The van der Waals surface area contributed by atoms with Crippen molar-refractivity contribution in [1.29, 1.82) is 0 Å². The van der Waals surface area contributed by atoms with Crippen LogP contribution < -0.4 is 0 Å². The minimum atomic E-state index is 0.0405. The SMILES string of the molecule is CCC(=O)C1=CN(CC(C)C)CCCC1(C)C. The first-order valence-corrected chi connectivity index (χ1v) is 6.86. The Hall–Kier alpha value is -0.790. The second-order valence-corrected chi connectivity index (χ2v) is 6.20. The summed E-state index contributed by atoms with van der Waals surface area (Å²) in [6, 6.07) is 0. The largest absolute Gasteiger partial charge is 0.377 e. The van der Waals surface area contributed by atoms with Gasteiger partial charge in [-0.1, -0.05) is 34.6 Å². The highest BCUT2D eigenvalue weighted by Crippen LogP contribution is 2.35. The summed E-state index contributed by atoms with van der Waals surface area (Å²) in [6.07, 6.45) is 5.04. The fraction of sp³-hybridized carbons (Fsp3) is 0.800. The minimum Gasteiger partial charge on any atom is -0.377 e. The molecule has 0 N–H and O–H groups in total. The van der Waals surface area contributed by atoms with Crippen molar-refractivity contribution in [3.63, 3.8) is 0 Å². The molecule has 0 atom stereocenters. The normalized spacial score (nSPS) is 20.1. The van der Waals surface area contributed by atoms with Crippen LogP contribution in [0.25, 0.3) is 0 Å². The third kappa shape index (κ3) is 3.86. The van der Waals surface area contributed by atoms with E-state index in [2.05, 4.69) is 38.8 Å². The zero-order valence-electron chi connectivity index (χ0n) is 12.0. The molecule has 0 bridgehead atoms. The summed E-state index contributed by atoms with van der Waals surface area (Å²) in [4.78, 5) is 14.4. The first-order chi connectivity index (χ1) is 7.86. The van der Waals surface area contributed by atoms with Crippen molar-refractivity contribution < 1.29 is 4.79 Å². The Balaban J connectivity index is 2.95. The summed E-state index contributed by atoms with van der Waals surface area (Å²) in [7, 11) is 0. The second-order valence-electron chi connectivity index (χ2n) is 6.20. The molecule has 0 saturated heterocycles. The number of hydrogen-bond donors (Lipinski definition) is 0. The van der Waals surface area contributed by atoms with Gasteiger partial charge in [0, 0.05) is 31.3 Å². The molecule has 0 aromatic heterocycles. The quantitative estimate of drug-likeness (QED) is 0.744. The molecule has 0 fully saturated rings. The summed E-state index contributed by atoms with van der Waals surface area (Å²) in [5.74, 6) is 0.955. The van der Waals surface area contributed by atoms with Crippen molar-refractivity contribution in [2.24, 2.45) is 11.3 Å². The van der Waals surface area contributed by atoms with Gasteiger partial charge in [-0.2, -0.15) is 0 Å². The number of hydrogen-bond acceptors (Lipinski definition) is 2. The van der Waals surface area contributed by atoms with Crippen LogP contribution in [0.1, 0.15) is 53.9 Å². The van der Waals surface area contributed by atoms with Gasteiger partial charge < -0.3 is 4.90 Å². The first kappa shape index (κ1) is 14.3. The van der Waals surface area contributed by atoms with E-state index in [1.165, 1.54) is 6.42 Å². The van der Waals surface area contributed by atoms with Gasteiger partial charge in [0.2, 0.25) is 0 Å². The molecule has 2 heteroatoms. The Kier molecular flexibility index (Phi) is 4.79. The second kappa shape index (κ2) is 5.70. The fourth-order valence-corrected chi connectivity index (χ4v) is 2.53. The molecule has 0 aliphatic carbocycles. The van der Waals surface area contributed by atoms with Gasteiger partial charge in [0.05, 0.1) is 0 Å². The van der Waals surface area contributed by atoms with Gasteiger partial charge in [0.1, 0.15) is 0 Å². The van der Waals surface area contributed by atoms with Crippen LogP contribution in [0.4, 0.5) is 0 Å². The molecule has 1 rings (SSSR count). The maximum atomic E-state index is 12.1. The van der Waals surface area contributed by atoms with Gasteiger partial charge in [-0.3, -0.25) is 4.79 Å². The van der Waals surface area contributed by atoms with Crippen molar-refractivity contribution in [1.82, 2.24) is 4.90 Å². The zero-order valence-corrected chi connectivity index (χ0v) is 12.0. The van der Waals surface area contributed by atoms with Crippen molar-refractivity contribution in [2.75, 3.05) is 13.1 Å². The van der Waals surface area contributed by atoms with Gasteiger partial charge in [-0.25, -0.2) is 0 Å². The van der Waals surface area contributed by atoms with Crippen LogP contribution in [0.15, 0.2) is 11.8 Å². The summed E-state index contributed by atoms with van der Waals surface area (Å²) in [5, 5.41) is 0. The predicted octanol–water partition coefficient (Wildman–Crippen LogP) is 3.63. The number of rotatable bonds is 4. The number of Topliss-reactive ketones (excluding diaryl/α,β-unsaturated/α-hetero) is 1. The van der Waals surface area contributed by atoms with Crippen molar-refractivity contribution >= 4 is 5.78 Å². The summed E-state index contributed by atoms with van der Waals surface area (Å²) in [5.41, 5.74) is 1.07. The van der Waals surface area contributed by atoms with Gasteiger partial charge in [0.25, 0.3) is 0 Å². The summed E-state index contributed by atoms with van der Waals surface area (Å²) < 4.78 is 0. The topological polar surface area (TPSA) is 20.3 Å². The molecule has 0 aromatic rings. The summed E-state index contributed by atoms with van der Waals surface area (Å²) in [6.45, 7) is 12.9. The number of nitrogens with zero attached hydrogens (tertiary/aromatic N) is 1. The van der Waals surface area contributed by atoms with Crippen LogP contribution in [-0.2, 0) is 4.79 Å². The zero-order chi connectivity index (χ0) is 13.1. The number of ketones is 1. The maximum absolute atomic E-state index is 12.1. The molecule has 2 nitrogen and oxygen atoms in total. The van der Waals surface area contributed by atoms with Crippen LogP contribution in [0.2, 0.25) is 0 Å². The molecule has 98 valence electrons. The predicted molar refractivity (Wildman–Crippen MR) is 72.8 cm³/mol. The van der Waals surface area contributed by atoms with Gasteiger partial charge in [-0.05, 0) is 24.2 Å². The molecule has 0 saturated carbocycles. The lowest BCUT2D eigenvalue weighted by molar-refractivity contribution is -0.116. The molecule has 0 amide bonds. The van der Waals surface area contributed by atoms with Crippen molar-refractivity contribution in [2.45, 2.75) is 53.9 Å². The lowest BCUT2D eigenvalue weighted by atomic mass is 9.78. The highest BCUT2D eigenvalue weighted by atomic mass is 16.1. The van der Waals surface area contributed by atoms with Crippen LogP contribution >= 0.6 is 0 Å². The third-order valence-corrected chi connectivity index (χ3v) is 3.51. The van der Waals surface area contributed by atoms with E-state index < -0.39 is 0 Å². The van der Waals surface area contributed by atoms with Gasteiger partial charge in [0.15, 0.2) is 5.78 Å². The van der Waals surface area contributed by atoms with Crippen LogP contribution in [0, 0.1) is 11.3 Å². The highest BCUT2D eigenvalue weighted by Gasteiger charge is 2.30. The van der Waals surface area contributed by atoms with Gasteiger partial charge in [-0.15, -0.1) is 0 Å². The van der Waals surface area contributed by atoms with E-state index in [4.69, 9.17) is 0 Å². The Morgan fingerprint density at radius 2 is 2.12 bits per heavy atom. The van der Waals surface area contributed by atoms with Crippen LogP contribution in [0.3, 0.4) is 0 Å².